The molecule has 9 nitrogen and oxygen atoms in total. The number of morpholine rings is 1. The molecule has 5 rings (SSSR count). The predicted molar refractivity (Wildman–Crippen MR) is 116 cm³/mol. The monoisotopic (exact) mass is 402 g/mol. The minimum absolute atomic E-state index is 0.505. The van der Waals surface area contributed by atoms with Crippen LogP contribution in [0.15, 0.2) is 55.1 Å². The summed E-state index contributed by atoms with van der Waals surface area (Å²) < 4.78 is 5.43. The lowest BCUT2D eigenvalue weighted by Crippen LogP contribution is -2.36. The Balaban J connectivity index is 1.35. The lowest BCUT2D eigenvalue weighted by atomic mass is 10.2. The summed E-state index contributed by atoms with van der Waals surface area (Å²) in [7, 11) is 0. The molecule has 0 radical (unpaired) electrons. The van der Waals surface area contributed by atoms with E-state index in [1.54, 1.807) is 12.5 Å². The van der Waals surface area contributed by atoms with E-state index in [-0.39, 0.29) is 0 Å². The molecule has 0 saturated carbocycles. The van der Waals surface area contributed by atoms with E-state index in [1.807, 2.05) is 18.3 Å². The highest BCUT2D eigenvalue weighted by Crippen LogP contribution is 2.25. The molecule has 0 unspecified atom stereocenters. The van der Waals surface area contributed by atoms with Gasteiger partial charge in [-0.05, 0) is 35.9 Å². The number of anilines is 4. The quantitative estimate of drug-likeness (QED) is 0.452. The number of nitrogens with zero attached hydrogens (tertiary/aromatic N) is 5. The van der Waals surface area contributed by atoms with Gasteiger partial charge < -0.3 is 25.3 Å². The van der Waals surface area contributed by atoms with Crippen LogP contribution in [0.3, 0.4) is 0 Å². The van der Waals surface area contributed by atoms with E-state index in [0.717, 1.165) is 43.1 Å². The first-order valence-corrected chi connectivity index (χ1v) is 9.89. The van der Waals surface area contributed by atoms with Gasteiger partial charge in [-0.1, -0.05) is 6.07 Å². The van der Waals surface area contributed by atoms with Crippen molar-refractivity contribution >= 4 is 34.3 Å². The third-order valence-electron chi connectivity index (χ3n) is 4.97. The van der Waals surface area contributed by atoms with Crippen molar-refractivity contribution < 1.29 is 4.74 Å². The normalized spacial score (nSPS) is 14.1. The Hall–Kier alpha value is -3.72. The highest BCUT2D eigenvalue weighted by Gasteiger charge is 2.13. The summed E-state index contributed by atoms with van der Waals surface area (Å²) in [5.41, 5.74) is 4.55. The molecule has 0 spiro atoms. The minimum atomic E-state index is 0.505. The van der Waals surface area contributed by atoms with Crippen molar-refractivity contribution in [3.8, 4) is 0 Å². The molecule has 9 heteroatoms. The number of imidazole rings is 1. The van der Waals surface area contributed by atoms with E-state index in [9.17, 15) is 0 Å². The van der Waals surface area contributed by atoms with E-state index >= 15 is 0 Å². The number of H-pyrrole nitrogens is 1. The van der Waals surface area contributed by atoms with Gasteiger partial charge in [-0.2, -0.15) is 9.97 Å². The van der Waals surface area contributed by atoms with Crippen LogP contribution in [0.25, 0.3) is 11.2 Å². The molecule has 1 saturated heterocycles. The lowest BCUT2D eigenvalue weighted by Gasteiger charge is -2.28. The molecule has 1 aliphatic heterocycles. The zero-order valence-electron chi connectivity index (χ0n) is 16.4. The number of ether oxygens (including phenoxy) is 1. The van der Waals surface area contributed by atoms with Crippen LogP contribution in [0.1, 0.15) is 5.56 Å². The van der Waals surface area contributed by atoms with E-state index in [0.29, 0.717) is 24.0 Å². The first-order chi connectivity index (χ1) is 14.8. The van der Waals surface area contributed by atoms with Crippen molar-refractivity contribution in [1.82, 2.24) is 24.9 Å². The average molecular weight is 402 g/mol. The van der Waals surface area contributed by atoms with Crippen LogP contribution >= 0.6 is 0 Å². The fourth-order valence-electron chi connectivity index (χ4n) is 3.40. The molecular formula is C21H22N8O. The molecule has 1 aromatic carbocycles. The molecule has 1 aliphatic rings. The Kier molecular flexibility index (Phi) is 5.09. The summed E-state index contributed by atoms with van der Waals surface area (Å²) in [5.74, 6) is 1.18. The Morgan fingerprint density at radius 1 is 1.07 bits per heavy atom. The van der Waals surface area contributed by atoms with Crippen LogP contribution in [0, 0.1) is 0 Å². The summed E-state index contributed by atoms with van der Waals surface area (Å²) in [6, 6.07) is 12.2. The van der Waals surface area contributed by atoms with Crippen molar-refractivity contribution in [3.63, 3.8) is 0 Å². The zero-order valence-corrected chi connectivity index (χ0v) is 16.4. The van der Waals surface area contributed by atoms with Gasteiger partial charge in [0.25, 0.3) is 0 Å². The van der Waals surface area contributed by atoms with Crippen LogP contribution in [0.2, 0.25) is 0 Å². The summed E-state index contributed by atoms with van der Waals surface area (Å²) in [6.07, 6.45) is 5.19. The Morgan fingerprint density at radius 3 is 2.73 bits per heavy atom. The van der Waals surface area contributed by atoms with Crippen molar-refractivity contribution in [2.75, 3.05) is 41.8 Å². The molecule has 4 aromatic rings. The van der Waals surface area contributed by atoms with Crippen molar-refractivity contribution in [1.29, 1.82) is 0 Å². The van der Waals surface area contributed by atoms with Crippen LogP contribution in [0.4, 0.5) is 23.1 Å². The number of aromatic amines is 1. The van der Waals surface area contributed by atoms with Gasteiger partial charge in [0, 0.05) is 43.4 Å². The van der Waals surface area contributed by atoms with Crippen LogP contribution < -0.4 is 15.5 Å². The molecule has 30 heavy (non-hydrogen) atoms. The van der Waals surface area contributed by atoms with Crippen LogP contribution in [-0.2, 0) is 11.3 Å². The van der Waals surface area contributed by atoms with Crippen LogP contribution in [0.5, 0.6) is 0 Å². The summed E-state index contributed by atoms with van der Waals surface area (Å²) in [6.45, 7) is 3.96. The largest absolute Gasteiger partial charge is 0.378 e. The van der Waals surface area contributed by atoms with E-state index in [2.05, 4.69) is 64.7 Å². The molecule has 0 bridgehead atoms. The Bertz CT molecular complexity index is 1110. The molecule has 0 atom stereocenters. The van der Waals surface area contributed by atoms with Crippen molar-refractivity contribution in [2.24, 2.45) is 0 Å². The summed E-state index contributed by atoms with van der Waals surface area (Å²) in [4.78, 5) is 23.0. The second-order valence-electron chi connectivity index (χ2n) is 6.98. The molecule has 3 N–H and O–H groups in total. The first kappa shape index (κ1) is 18.3. The van der Waals surface area contributed by atoms with Gasteiger partial charge in [-0.15, -0.1) is 0 Å². The average Bonchev–Trinajstić information content (AvgIpc) is 3.29. The van der Waals surface area contributed by atoms with E-state index in [1.165, 1.54) is 5.69 Å². The third-order valence-corrected chi connectivity index (χ3v) is 4.97. The van der Waals surface area contributed by atoms with Gasteiger partial charge in [-0.3, -0.25) is 4.98 Å². The Labute approximate surface area is 173 Å². The SMILES string of the molecule is c1cncc(CNc2nc(Nc3ccc(N4CCOCC4)cc3)c3[nH]cnc3n2)c1. The topological polar surface area (TPSA) is 104 Å². The van der Waals surface area contributed by atoms with Gasteiger partial charge >= 0.3 is 0 Å². The number of pyridine rings is 1. The molecular weight excluding hydrogens is 380 g/mol. The minimum Gasteiger partial charge on any atom is -0.378 e. The molecule has 152 valence electrons. The van der Waals surface area contributed by atoms with Gasteiger partial charge in [-0.25, -0.2) is 4.98 Å². The molecule has 1 fully saturated rings. The number of rotatable bonds is 6. The fourth-order valence-corrected chi connectivity index (χ4v) is 3.40. The maximum atomic E-state index is 5.43. The maximum Gasteiger partial charge on any atom is 0.227 e. The lowest BCUT2D eigenvalue weighted by molar-refractivity contribution is 0.122. The second-order valence-corrected chi connectivity index (χ2v) is 6.98. The number of benzene rings is 1. The Morgan fingerprint density at radius 2 is 1.93 bits per heavy atom. The van der Waals surface area contributed by atoms with Crippen LogP contribution in [-0.4, -0.2) is 51.2 Å². The predicted octanol–water partition coefficient (Wildman–Crippen LogP) is 2.94. The van der Waals surface area contributed by atoms with Crippen molar-refractivity contribution in [3.05, 3.63) is 60.7 Å². The second kappa shape index (κ2) is 8.34. The molecule has 0 aliphatic carbocycles. The van der Waals surface area contributed by atoms with Crippen molar-refractivity contribution in [2.45, 2.75) is 6.54 Å². The number of hydrogen-bond donors (Lipinski definition) is 3. The fraction of sp³-hybridized carbons (Fsp3) is 0.238. The number of fused-ring (bicyclic) bond motifs is 1. The first-order valence-electron chi connectivity index (χ1n) is 9.89. The van der Waals surface area contributed by atoms with E-state index < -0.39 is 0 Å². The number of aromatic nitrogens is 5. The maximum absolute atomic E-state index is 5.43. The molecule has 3 aromatic heterocycles. The van der Waals surface area contributed by atoms with E-state index in [4.69, 9.17) is 4.74 Å². The summed E-state index contributed by atoms with van der Waals surface area (Å²) in [5, 5.41) is 6.63. The number of hydrogen-bond acceptors (Lipinski definition) is 8. The molecule has 4 heterocycles. The van der Waals surface area contributed by atoms with Gasteiger partial charge in [0.15, 0.2) is 11.5 Å². The highest BCUT2D eigenvalue weighted by atomic mass is 16.5. The van der Waals surface area contributed by atoms with Gasteiger partial charge in [0.2, 0.25) is 5.95 Å². The zero-order chi connectivity index (χ0) is 20.2. The van der Waals surface area contributed by atoms with Gasteiger partial charge in [0.1, 0.15) is 5.52 Å². The van der Waals surface area contributed by atoms with Gasteiger partial charge in [0.05, 0.1) is 19.5 Å². The molecule has 0 amide bonds. The third kappa shape index (κ3) is 4.01. The number of nitrogens with one attached hydrogen (secondary N) is 3. The summed E-state index contributed by atoms with van der Waals surface area (Å²) >= 11 is 0. The standard InChI is InChI=1S/C21H22N8O/c1-2-15(12-22-7-1)13-23-21-27-19-18(24-14-25-19)20(28-21)26-16-3-5-17(6-4-16)29-8-10-30-11-9-29/h1-7,12,14H,8-11,13H2,(H3,23,24,25,26,27,28). The smallest absolute Gasteiger partial charge is 0.227 e. The highest BCUT2D eigenvalue weighted by molar-refractivity contribution is 5.86.